The van der Waals surface area contributed by atoms with Crippen LogP contribution in [0.15, 0.2) is 11.6 Å². The van der Waals surface area contributed by atoms with Crippen LogP contribution in [0.25, 0.3) is 0 Å². The third kappa shape index (κ3) is 5.05. The standard InChI is InChI=1S/C15H26N2O2/c1-17-8-6-13(7-9-17)3-2-10-19-15-5-4-14(12-18)11-16-15/h6,12,14-16H,2-5,7-11H2,1H3. The number of likely N-dealkylation sites (N-methyl/N-ethyl adjacent to an activating group) is 1. The maximum absolute atomic E-state index is 10.6. The molecule has 0 aromatic carbocycles. The van der Waals surface area contributed by atoms with Gasteiger partial charge in [0.25, 0.3) is 0 Å². The second kappa shape index (κ2) is 7.78. The van der Waals surface area contributed by atoms with Crippen molar-refractivity contribution in [3.05, 3.63) is 11.6 Å². The quantitative estimate of drug-likeness (QED) is 0.450. The highest BCUT2D eigenvalue weighted by Crippen LogP contribution is 2.16. The van der Waals surface area contributed by atoms with Crippen molar-refractivity contribution in [3.8, 4) is 0 Å². The summed E-state index contributed by atoms with van der Waals surface area (Å²) < 4.78 is 5.82. The van der Waals surface area contributed by atoms with E-state index in [0.29, 0.717) is 0 Å². The average Bonchev–Trinajstić information content (AvgIpc) is 2.46. The van der Waals surface area contributed by atoms with Crippen molar-refractivity contribution in [2.24, 2.45) is 5.92 Å². The summed E-state index contributed by atoms with van der Waals surface area (Å²) >= 11 is 0. The summed E-state index contributed by atoms with van der Waals surface area (Å²) in [6.07, 6.45) is 8.95. The maximum atomic E-state index is 10.6. The van der Waals surface area contributed by atoms with Crippen LogP contribution in [0.3, 0.4) is 0 Å². The van der Waals surface area contributed by atoms with Gasteiger partial charge >= 0.3 is 0 Å². The van der Waals surface area contributed by atoms with Gasteiger partial charge in [0, 0.05) is 32.2 Å². The molecule has 19 heavy (non-hydrogen) atoms. The third-order valence-electron chi connectivity index (χ3n) is 4.07. The molecule has 0 aromatic rings. The van der Waals surface area contributed by atoms with Crippen molar-refractivity contribution in [1.82, 2.24) is 10.2 Å². The monoisotopic (exact) mass is 266 g/mol. The molecule has 0 aliphatic carbocycles. The van der Waals surface area contributed by atoms with Gasteiger partial charge in [0.15, 0.2) is 0 Å². The third-order valence-corrected chi connectivity index (χ3v) is 4.07. The van der Waals surface area contributed by atoms with Crippen molar-refractivity contribution in [2.45, 2.75) is 38.3 Å². The van der Waals surface area contributed by atoms with E-state index in [9.17, 15) is 4.79 Å². The predicted molar refractivity (Wildman–Crippen MR) is 76.0 cm³/mol. The van der Waals surface area contributed by atoms with Gasteiger partial charge in [0.05, 0.1) is 0 Å². The maximum Gasteiger partial charge on any atom is 0.124 e. The highest BCUT2D eigenvalue weighted by molar-refractivity contribution is 5.53. The Hall–Kier alpha value is -0.710. The van der Waals surface area contributed by atoms with Crippen molar-refractivity contribution in [2.75, 3.05) is 33.3 Å². The molecule has 0 amide bonds. The Labute approximate surface area is 116 Å². The average molecular weight is 266 g/mol. The highest BCUT2D eigenvalue weighted by atomic mass is 16.5. The lowest BCUT2D eigenvalue weighted by Gasteiger charge is -2.27. The molecule has 0 aromatic heterocycles. The van der Waals surface area contributed by atoms with Crippen molar-refractivity contribution >= 4 is 6.29 Å². The van der Waals surface area contributed by atoms with Gasteiger partial charge in [-0.25, -0.2) is 0 Å². The summed E-state index contributed by atoms with van der Waals surface area (Å²) in [4.78, 5) is 13.0. The zero-order valence-electron chi connectivity index (χ0n) is 11.9. The van der Waals surface area contributed by atoms with Crippen LogP contribution in [-0.2, 0) is 9.53 Å². The van der Waals surface area contributed by atoms with Crippen LogP contribution in [0.4, 0.5) is 0 Å². The summed E-state index contributed by atoms with van der Waals surface area (Å²) in [6, 6.07) is 0. The van der Waals surface area contributed by atoms with Gasteiger partial charge in [-0.3, -0.25) is 5.32 Å². The molecule has 0 saturated carbocycles. The molecular formula is C15H26N2O2. The molecule has 1 N–H and O–H groups in total. The number of hydrogen-bond donors (Lipinski definition) is 1. The van der Waals surface area contributed by atoms with Crippen LogP contribution in [-0.4, -0.2) is 50.7 Å². The largest absolute Gasteiger partial charge is 0.363 e. The molecular weight excluding hydrogens is 240 g/mol. The lowest BCUT2D eigenvalue weighted by Crippen LogP contribution is -2.41. The Morgan fingerprint density at radius 2 is 2.42 bits per heavy atom. The zero-order valence-corrected chi connectivity index (χ0v) is 11.9. The van der Waals surface area contributed by atoms with Gasteiger partial charge in [0.2, 0.25) is 0 Å². The second-order valence-corrected chi connectivity index (χ2v) is 5.72. The van der Waals surface area contributed by atoms with Crippen molar-refractivity contribution in [1.29, 1.82) is 0 Å². The molecule has 1 saturated heterocycles. The van der Waals surface area contributed by atoms with E-state index in [4.69, 9.17) is 4.74 Å². The smallest absolute Gasteiger partial charge is 0.124 e. The van der Waals surface area contributed by atoms with Crippen LogP contribution in [0.5, 0.6) is 0 Å². The van der Waals surface area contributed by atoms with E-state index in [0.717, 1.165) is 51.7 Å². The predicted octanol–water partition coefficient (Wildman–Crippen LogP) is 1.57. The lowest BCUT2D eigenvalue weighted by molar-refractivity contribution is -0.112. The second-order valence-electron chi connectivity index (χ2n) is 5.72. The first-order valence-corrected chi connectivity index (χ1v) is 7.44. The molecule has 4 nitrogen and oxygen atoms in total. The van der Waals surface area contributed by atoms with E-state index in [1.54, 1.807) is 5.57 Å². The highest BCUT2D eigenvalue weighted by Gasteiger charge is 2.19. The van der Waals surface area contributed by atoms with Crippen LogP contribution in [0.2, 0.25) is 0 Å². The number of ether oxygens (including phenoxy) is 1. The fourth-order valence-corrected chi connectivity index (χ4v) is 2.68. The normalized spacial score (nSPS) is 29.0. The minimum absolute atomic E-state index is 0.155. The molecule has 2 aliphatic heterocycles. The van der Waals surface area contributed by atoms with Crippen LogP contribution in [0.1, 0.15) is 32.1 Å². The first kappa shape index (κ1) is 14.7. The fourth-order valence-electron chi connectivity index (χ4n) is 2.68. The van der Waals surface area contributed by atoms with Gasteiger partial charge in [-0.15, -0.1) is 0 Å². The van der Waals surface area contributed by atoms with E-state index in [2.05, 4.69) is 23.3 Å². The molecule has 0 spiro atoms. The van der Waals surface area contributed by atoms with Gasteiger partial charge in [-0.2, -0.15) is 0 Å². The molecule has 4 heteroatoms. The molecule has 2 aliphatic rings. The Morgan fingerprint density at radius 1 is 1.53 bits per heavy atom. The van der Waals surface area contributed by atoms with E-state index >= 15 is 0 Å². The Kier molecular flexibility index (Phi) is 6.01. The molecule has 108 valence electrons. The number of piperidine rings is 1. The lowest BCUT2D eigenvalue weighted by atomic mass is 10.0. The SMILES string of the molecule is CN1CC=C(CCCOC2CCC(C=O)CN2)CC1. The molecule has 2 heterocycles. The van der Waals surface area contributed by atoms with Gasteiger partial charge in [-0.1, -0.05) is 11.6 Å². The van der Waals surface area contributed by atoms with Gasteiger partial charge in [0.1, 0.15) is 12.5 Å². The number of aldehydes is 1. The van der Waals surface area contributed by atoms with Gasteiger partial charge in [-0.05, 0) is 39.2 Å². The number of hydrogen-bond acceptors (Lipinski definition) is 4. The number of rotatable bonds is 6. The molecule has 2 rings (SSSR count). The van der Waals surface area contributed by atoms with Crippen LogP contribution < -0.4 is 5.32 Å². The topological polar surface area (TPSA) is 41.6 Å². The Morgan fingerprint density at radius 3 is 3.05 bits per heavy atom. The minimum Gasteiger partial charge on any atom is -0.363 e. The van der Waals surface area contributed by atoms with E-state index < -0.39 is 0 Å². The van der Waals surface area contributed by atoms with Crippen LogP contribution in [0, 0.1) is 5.92 Å². The van der Waals surface area contributed by atoms with E-state index in [-0.39, 0.29) is 12.1 Å². The molecule has 2 unspecified atom stereocenters. The fraction of sp³-hybridized carbons (Fsp3) is 0.800. The molecule has 0 radical (unpaired) electrons. The van der Waals surface area contributed by atoms with Crippen molar-refractivity contribution in [3.63, 3.8) is 0 Å². The number of nitrogens with zero attached hydrogens (tertiary/aromatic N) is 1. The summed E-state index contributed by atoms with van der Waals surface area (Å²) in [5, 5.41) is 3.29. The molecule has 1 fully saturated rings. The van der Waals surface area contributed by atoms with E-state index in [1.165, 1.54) is 13.0 Å². The summed E-state index contributed by atoms with van der Waals surface area (Å²) in [7, 11) is 2.16. The van der Waals surface area contributed by atoms with Gasteiger partial charge < -0.3 is 14.4 Å². The number of carbonyl (C=O) groups is 1. The number of nitrogens with one attached hydrogen (secondary N) is 1. The summed E-state index contributed by atoms with van der Waals surface area (Å²) in [5.41, 5.74) is 1.58. The zero-order chi connectivity index (χ0) is 13.5. The van der Waals surface area contributed by atoms with E-state index in [1.807, 2.05) is 0 Å². The first-order chi connectivity index (χ1) is 9.28. The Balaban J connectivity index is 1.54. The summed E-state index contributed by atoms with van der Waals surface area (Å²) in [6.45, 7) is 3.86. The number of carbonyl (C=O) groups excluding carboxylic acids is 1. The molecule has 2 atom stereocenters. The first-order valence-electron chi connectivity index (χ1n) is 7.44. The van der Waals surface area contributed by atoms with Crippen molar-refractivity contribution < 1.29 is 9.53 Å². The minimum atomic E-state index is 0.155. The van der Waals surface area contributed by atoms with Crippen LogP contribution >= 0.6 is 0 Å². The summed E-state index contributed by atoms with van der Waals surface area (Å²) in [5.74, 6) is 0.184. The Bertz CT molecular complexity index is 309. The molecule has 0 bridgehead atoms.